The smallest absolute Gasteiger partial charge is 0.293 e. The van der Waals surface area contributed by atoms with Crippen LogP contribution >= 0.6 is 0 Å². The molecule has 1 aromatic rings. The molecule has 21 heavy (non-hydrogen) atoms. The molecule has 0 spiro atoms. The molecule has 3 rings (SSSR count). The average molecular weight is 290 g/mol. The number of piperidine rings is 1. The highest BCUT2D eigenvalue weighted by atomic mass is 16.1. The molecule has 2 atom stereocenters. The first-order chi connectivity index (χ1) is 10.2. The fraction of sp³-hybridized carbons (Fsp3) is 0.750. The number of aromatic nitrogens is 2. The zero-order valence-electron chi connectivity index (χ0n) is 13.1. The molecule has 3 heterocycles. The third-order valence-corrected chi connectivity index (χ3v) is 4.86. The van der Waals surface area contributed by atoms with Crippen molar-refractivity contribution in [1.29, 1.82) is 0 Å². The minimum absolute atomic E-state index is 0.0621. The van der Waals surface area contributed by atoms with Gasteiger partial charge in [0.15, 0.2) is 5.82 Å². The molecule has 0 saturated carbocycles. The first kappa shape index (κ1) is 14.6. The Morgan fingerprint density at radius 3 is 2.67 bits per heavy atom. The van der Waals surface area contributed by atoms with Crippen LogP contribution in [0.2, 0.25) is 0 Å². The van der Waals surface area contributed by atoms with Crippen LogP contribution in [0.25, 0.3) is 0 Å². The number of hydrogen-bond acceptors (Lipinski definition) is 4. The van der Waals surface area contributed by atoms with E-state index in [2.05, 4.69) is 29.0 Å². The van der Waals surface area contributed by atoms with Gasteiger partial charge in [-0.3, -0.25) is 4.79 Å². The molecule has 1 N–H and O–H groups in total. The molecule has 2 aliphatic heterocycles. The van der Waals surface area contributed by atoms with Crippen LogP contribution in [0.5, 0.6) is 0 Å². The van der Waals surface area contributed by atoms with Gasteiger partial charge >= 0.3 is 0 Å². The maximum Gasteiger partial charge on any atom is 0.293 e. The van der Waals surface area contributed by atoms with Crippen molar-refractivity contribution in [3.63, 3.8) is 0 Å². The molecule has 2 fully saturated rings. The SMILES string of the molecule is CCCn1ccnc(N(CC)C2CC3CCC(C2)N3)c1=O. The minimum Gasteiger partial charge on any atom is -0.349 e. The summed E-state index contributed by atoms with van der Waals surface area (Å²) in [7, 11) is 0. The molecule has 0 radical (unpaired) electrons. The molecule has 0 aromatic carbocycles. The second-order valence-electron chi connectivity index (χ2n) is 6.30. The Morgan fingerprint density at radius 1 is 1.33 bits per heavy atom. The molecule has 2 unspecified atom stereocenters. The summed E-state index contributed by atoms with van der Waals surface area (Å²) >= 11 is 0. The Kier molecular flexibility index (Phi) is 4.29. The predicted molar refractivity (Wildman–Crippen MR) is 84.8 cm³/mol. The zero-order chi connectivity index (χ0) is 14.8. The van der Waals surface area contributed by atoms with Gasteiger partial charge in [-0.2, -0.15) is 0 Å². The number of nitrogens with one attached hydrogen (secondary N) is 1. The quantitative estimate of drug-likeness (QED) is 0.898. The second-order valence-corrected chi connectivity index (χ2v) is 6.30. The summed E-state index contributed by atoms with van der Waals surface area (Å²) in [5.74, 6) is 0.639. The lowest BCUT2D eigenvalue weighted by atomic mass is 9.98. The Bertz CT molecular complexity index is 529. The highest BCUT2D eigenvalue weighted by Gasteiger charge is 2.36. The van der Waals surface area contributed by atoms with Crippen LogP contribution in [0.4, 0.5) is 5.82 Å². The van der Waals surface area contributed by atoms with Crippen molar-refractivity contribution in [3.05, 3.63) is 22.7 Å². The van der Waals surface area contributed by atoms with Crippen molar-refractivity contribution >= 4 is 5.82 Å². The van der Waals surface area contributed by atoms with E-state index in [1.807, 2.05) is 0 Å². The van der Waals surface area contributed by atoms with Crippen LogP contribution in [0.3, 0.4) is 0 Å². The normalized spacial score (nSPS) is 27.8. The molecular formula is C16H26N4O. The lowest BCUT2D eigenvalue weighted by Crippen LogP contribution is -2.50. The Morgan fingerprint density at radius 2 is 2.05 bits per heavy atom. The molecule has 5 nitrogen and oxygen atoms in total. The first-order valence-electron chi connectivity index (χ1n) is 8.31. The molecule has 0 aliphatic carbocycles. The molecular weight excluding hydrogens is 264 g/mol. The number of aryl methyl sites for hydroxylation is 1. The van der Waals surface area contributed by atoms with Crippen molar-refractivity contribution in [3.8, 4) is 0 Å². The summed E-state index contributed by atoms with van der Waals surface area (Å²) in [5, 5.41) is 3.67. The van der Waals surface area contributed by atoms with E-state index in [0.717, 1.165) is 32.4 Å². The van der Waals surface area contributed by atoms with Gasteiger partial charge in [-0.15, -0.1) is 0 Å². The van der Waals surface area contributed by atoms with E-state index in [4.69, 9.17) is 0 Å². The molecule has 2 aliphatic rings. The van der Waals surface area contributed by atoms with E-state index in [-0.39, 0.29) is 5.56 Å². The van der Waals surface area contributed by atoms with E-state index in [1.165, 1.54) is 12.8 Å². The van der Waals surface area contributed by atoms with Crippen molar-refractivity contribution in [2.45, 2.75) is 70.6 Å². The van der Waals surface area contributed by atoms with Gasteiger partial charge in [0, 0.05) is 43.6 Å². The lowest BCUT2D eigenvalue weighted by molar-refractivity contribution is 0.347. The number of fused-ring (bicyclic) bond motifs is 2. The van der Waals surface area contributed by atoms with Crippen molar-refractivity contribution in [2.75, 3.05) is 11.4 Å². The van der Waals surface area contributed by atoms with Gasteiger partial charge in [-0.1, -0.05) is 6.92 Å². The molecule has 5 heteroatoms. The number of anilines is 1. The van der Waals surface area contributed by atoms with Crippen LogP contribution in [0, 0.1) is 0 Å². The van der Waals surface area contributed by atoms with Gasteiger partial charge in [0.05, 0.1) is 0 Å². The summed E-state index contributed by atoms with van der Waals surface area (Å²) < 4.78 is 1.79. The van der Waals surface area contributed by atoms with Crippen LogP contribution in [-0.2, 0) is 6.54 Å². The van der Waals surface area contributed by atoms with Gasteiger partial charge in [0.2, 0.25) is 0 Å². The predicted octanol–water partition coefficient (Wildman–Crippen LogP) is 1.76. The summed E-state index contributed by atoms with van der Waals surface area (Å²) in [6.07, 6.45) is 9.36. The largest absolute Gasteiger partial charge is 0.349 e. The number of hydrogen-bond donors (Lipinski definition) is 1. The second kappa shape index (κ2) is 6.18. The zero-order valence-corrected chi connectivity index (χ0v) is 13.1. The van der Waals surface area contributed by atoms with Gasteiger partial charge in [-0.25, -0.2) is 4.98 Å². The summed E-state index contributed by atoms with van der Waals surface area (Å²) in [4.78, 5) is 19.3. The third kappa shape index (κ3) is 2.84. The maximum absolute atomic E-state index is 12.6. The number of nitrogens with zero attached hydrogens (tertiary/aromatic N) is 3. The molecule has 2 saturated heterocycles. The summed E-state index contributed by atoms with van der Waals surface area (Å²) in [6, 6.07) is 1.71. The summed E-state index contributed by atoms with van der Waals surface area (Å²) in [5.41, 5.74) is 0.0621. The Labute approximate surface area is 126 Å². The highest BCUT2D eigenvalue weighted by molar-refractivity contribution is 5.37. The Hall–Kier alpha value is -1.36. The van der Waals surface area contributed by atoms with Crippen LogP contribution in [-0.4, -0.2) is 34.2 Å². The van der Waals surface area contributed by atoms with Crippen molar-refractivity contribution in [2.24, 2.45) is 0 Å². The standard InChI is InChI=1S/C16H26N4O/c1-3-8-19-9-7-17-15(16(19)21)20(4-2)14-10-12-5-6-13(11-14)18-12/h7,9,12-14,18H,3-6,8,10-11H2,1-2H3. The van der Waals surface area contributed by atoms with Gasteiger partial charge in [0.1, 0.15) is 0 Å². The topological polar surface area (TPSA) is 50.2 Å². The average Bonchev–Trinajstić information content (AvgIpc) is 2.82. The molecule has 2 bridgehead atoms. The molecule has 116 valence electrons. The third-order valence-electron chi connectivity index (χ3n) is 4.86. The van der Waals surface area contributed by atoms with Gasteiger partial charge < -0.3 is 14.8 Å². The van der Waals surface area contributed by atoms with Crippen LogP contribution in [0.15, 0.2) is 17.2 Å². The van der Waals surface area contributed by atoms with Crippen molar-refractivity contribution in [1.82, 2.24) is 14.9 Å². The Balaban J connectivity index is 1.86. The monoisotopic (exact) mass is 290 g/mol. The lowest BCUT2D eigenvalue weighted by Gasteiger charge is -2.37. The minimum atomic E-state index is 0.0621. The van der Waals surface area contributed by atoms with Crippen LogP contribution in [0.1, 0.15) is 46.0 Å². The summed E-state index contributed by atoms with van der Waals surface area (Å²) in [6.45, 7) is 5.84. The van der Waals surface area contributed by atoms with E-state index in [0.29, 0.717) is 23.9 Å². The van der Waals surface area contributed by atoms with E-state index >= 15 is 0 Å². The molecule has 0 amide bonds. The first-order valence-corrected chi connectivity index (χ1v) is 8.31. The maximum atomic E-state index is 12.6. The van der Waals surface area contributed by atoms with E-state index in [1.54, 1.807) is 17.0 Å². The highest BCUT2D eigenvalue weighted by Crippen LogP contribution is 2.30. The van der Waals surface area contributed by atoms with E-state index < -0.39 is 0 Å². The van der Waals surface area contributed by atoms with Gasteiger partial charge in [-0.05, 0) is 39.0 Å². The van der Waals surface area contributed by atoms with Crippen molar-refractivity contribution < 1.29 is 0 Å². The van der Waals surface area contributed by atoms with E-state index in [9.17, 15) is 4.79 Å². The van der Waals surface area contributed by atoms with Crippen LogP contribution < -0.4 is 15.8 Å². The van der Waals surface area contributed by atoms with Gasteiger partial charge in [0.25, 0.3) is 5.56 Å². The number of rotatable bonds is 5. The fourth-order valence-electron chi connectivity index (χ4n) is 3.91. The fourth-order valence-corrected chi connectivity index (χ4v) is 3.91. The molecule has 1 aromatic heterocycles.